The van der Waals surface area contributed by atoms with E-state index in [0.717, 1.165) is 11.0 Å². The monoisotopic (exact) mass is 291 g/mol. The Bertz CT molecular complexity index is 702. The van der Waals surface area contributed by atoms with Crippen molar-refractivity contribution >= 4 is 16.9 Å². The maximum Gasteiger partial charge on any atom is 0.329 e. The van der Waals surface area contributed by atoms with E-state index < -0.39 is 0 Å². The second-order valence-electron chi connectivity index (χ2n) is 5.43. The number of hydrogen-bond acceptors (Lipinski definition) is 3. The van der Waals surface area contributed by atoms with Crippen LogP contribution in [0.1, 0.15) is 13.8 Å². The number of nitrogens with zero attached hydrogens (tertiary/aromatic N) is 2. The fourth-order valence-corrected chi connectivity index (χ4v) is 2.26. The lowest BCUT2D eigenvalue weighted by molar-refractivity contribution is -0.122. The second-order valence-corrected chi connectivity index (χ2v) is 5.43. The minimum absolute atomic E-state index is 0.00959. The van der Waals surface area contributed by atoms with E-state index in [0.29, 0.717) is 0 Å². The maximum atomic E-state index is 12.2. The predicted octanol–water partition coefficient (Wildman–Crippen LogP) is 0.473. The van der Waals surface area contributed by atoms with Crippen LogP contribution in [0, 0.1) is 5.92 Å². The minimum Gasteiger partial charge on any atom is -0.396 e. The molecule has 0 fully saturated rings. The SMILES string of the molecule is CC(CO)C(C)NC(=O)Cn1c(=O)n(C)c2ccccc21. The van der Waals surface area contributed by atoms with Crippen LogP contribution >= 0.6 is 0 Å². The Morgan fingerprint density at radius 2 is 1.90 bits per heavy atom. The molecule has 2 unspecified atom stereocenters. The standard InChI is InChI=1S/C15H21N3O3/c1-10(9-19)11(2)16-14(20)8-18-13-7-5-4-6-12(13)17(3)15(18)21/h4-7,10-11,19H,8-9H2,1-3H3,(H,16,20). The van der Waals surface area contributed by atoms with Gasteiger partial charge in [0, 0.05) is 19.7 Å². The number of aryl methyl sites for hydroxylation is 1. The third-order valence-corrected chi connectivity index (χ3v) is 3.88. The van der Waals surface area contributed by atoms with Gasteiger partial charge in [-0.3, -0.25) is 13.9 Å². The molecule has 2 atom stereocenters. The number of aromatic nitrogens is 2. The number of aliphatic hydroxyl groups excluding tert-OH is 1. The fourth-order valence-electron chi connectivity index (χ4n) is 2.26. The van der Waals surface area contributed by atoms with Gasteiger partial charge in [-0.2, -0.15) is 0 Å². The van der Waals surface area contributed by atoms with Crippen molar-refractivity contribution in [2.24, 2.45) is 13.0 Å². The number of rotatable bonds is 5. The third-order valence-electron chi connectivity index (χ3n) is 3.88. The molecule has 0 aliphatic rings. The van der Waals surface area contributed by atoms with Crippen molar-refractivity contribution in [2.75, 3.05) is 6.61 Å². The first-order valence-electron chi connectivity index (χ1n) is 7.00. The highest BCUT2D eigenvalue weighted by Crippen LogP contribution is 2.11. The lowest BCUT2D eigenvalue weighted by atomic mass is 10.1. The molecule has 6 heteroatoms. The summed E-state index contributed by atoms with van der Waals surface area (Å²) in [6.07, 6.45) is 0. The van der Waals surface area contributed by atoms with Gasteiger partial charge in [0.05, 0.1) is 11.0 Å². The molecule has 0 radical (unpaired) electrons. The van der Waals surface area contributed by atoms with Gasteiger partial charge in [-0.1, -0.05) is 19.1 Å². The Hall–Kier alpha value is -2.08. The van der Waals surface area contributed by atoms with E-state index in [9.17, 15) is 9.59 Å². The van der Waals surface area contributed by atoms with Gasteiger partial charge in [-0.25, -0.2) is 4.79 Å². The van der Waals surface area contributed by atoms with E-state index in [1.165, 1.54) is 9.13 Å². The summed E-state index contributed by atoms with van der Waals surface area (Å²) in [6, 6.07) is 7.23. The summed E-state index contributed by atoms with van der Waals surface area (Å²) in [7, 11) is 1.69. The second kappa shape index (κ2) is 6.13. The van der Waals surface area contributed by atoms with Gasteiger partial charge in [0.2, 0.25) is 5.91 Å². The number of imidazole rings is 1. The van der Waals surface area contributed by atoms with E-state index in [-0.39, 0.29) is 36.7 Å². The summed E-state index contributed by atoms with van der Waals surface area (Å²) in [4.78, 5) is 24.3. The Kier molecular flexibility index (Phi) is 4.47. The van der Waals surface area contributed by atoms with Crippen molar-refractivity contribution in [1.29, 1.82) is 0 Å². The smallest absolute Gasteiger partial charge is 0.329 e. The van der Waals surface area contributed by atoms with Gasteiger partial charge in [0.1, 0.15) is 6.54 Å². The quantitative estimate of drug-likeness (QED) is 0.841. The van der Waals surface area contributed by atoms with Crippen molar-refractivity contribution in [3.63, 3.8) is 0 Å². The number of para-hydroxylation sites is 2. The molecular weight excluding hydrogens is 270 g/mol. The molecule has 1 aromatic carbocycles. The van der Waals surface area contributed by atoms with Crippen molar-refractivity contribution in [2.45, 2.75) is 26.4 Å². The highest BCUT2D eigenvalue weighted by molar-refractivity contribution is 5.81. The van der Waals surface area contributed by atoms with Crippen LogP contribution in [0.4, 0.5) is 0 Å². The molecule has 0 spiro atoms. The van der Waals surface area contributed by atoms with E-state index >= 15 is 0 Å². The number of fused-ring (bicyclic) bond motifs is 1. The molecule has 0 saturated carbocycles. The molecule has 2 rings (SSSR count). The number of benzene rings is 1. The molecule has 0 saturated heterocycles. The fraction of sp³-hybridized carbons (Fsp3) is 0.467. The van der Waals surface area contributed by atoms with Gasteiger partial charge >= 0.3 is 5.69 Å². The molecule has 0 bridgehead atoms. The third kappa shape index (κ3) is 3.00. The van der Waals surface area contributed by atoms with E-state index in [4.69, 9.17) is 5.11 Å². The summed E-state index contributed by atoms with van der Waals surface area (Å²) < 4.78 is 2.99. The summed E-state index contributed by atoms with van der Waals surface area (Å²) in [6.45, 7) is 3.68. The molecule has 1 aromatic heterocycles. The first-order valence-corrected chi connectivity index (χ1v) is 7.00. The lowest BCUT2D eigenvalue weighted by Crippen LogP contribution is -2.41. The molecule has 0 aliphatic heterocycles. The average Bonchev–Trinajstić information content (AvgIpc) is 2.72. The highest BCUT2D eigenvalue weighted by atomic mass is 16.3. The number of nitrogens with one attached hydrogen (secondary N) is 1. The zero-order chi connectivity index (χ0) is 15.6. The Balaban J connectivity index is 2.22. The van der Waals surface area contributed by atoms with Crippen molar-refractivity contribution < 1.29 is 9.90 Å². The Labute approximate surface area is 123 Å². The van der Waals surface area contributed by atoms with E-state index in [1.54, 1.807) is 7.05 Å². The lowest BCUT2D eigenvalue weighted by Gasteiger charge is -2.19. The van der Waals surface area contributed by atoms with Crippen LogP contribution in [0.5, 0.6) is 0 Å². The average molecular weight is 291 g/mol. The molecule has 114 valence electrons. The first-order chi connectivity index (χ1) is 9.95. The molecule has 6 nitrogen and oxygen atoms in total. The summed E-state index contributed by atoms with van der Waals surface area (Å²) >= 11 is 0. The number of aliphatic hydroxyl groups is 1. The van der Waals surface area contributed by atoms with Crippen LogP contribution in [0.2, 0.25) is 0 Å². The summed E-state index contributed by atoms with van der Waals surface area (Å²) in [5.41, 5.74) is 1.32. The van der Waals surface area contributed by atoms with Crippen molar-refractivity contribution in [3.8, 4) is 0 Å². The van der Waals surface area contributed by atoms with Gasteiger partial charge in [0.15, 0.2) is 0 Å². The van der Waals surface area contributed by atoms with Gasteiger partial charge < -0.3 is 10.4 Å². The number of carbonyl (C=O) groups is 1. The van der Waals surface area contributed by atoms with Gasteiger partial charge in [-0.15, -0.1) is 0 Å². The van der Waals surface area contributed by atoms with Gasteiger partial charge in [0.25, 0.3) is 0 Å². The summed E-state index contributed by atoms with van der Waals surface area (Å²) in [5, 5.41) is 11.9. The molecular formula is C15H21N3O3. The molecule has 0 aliphatic carbocycles. The van der Waals surface area contributed by atoms with Crippen LogP contribution in [0.25, 0.3) is 11.0 Å². The molecule has 21 heavy (non-hydrogen) atoms. The van der Waals surface area contributed by atoms with Crippen LogP contribution in [0.3, 0.4) is 0 Å². The number of hydrogen-bond donors (Lipinski definition) is 2. The highest BCUT2D eigenvalue weighted by Gasteiger charge is 2.17. The minimum atomic E-state index is -0.235. The Morgan fingerprint density at radius 3 is 2.52 bits per heavy atom. The Morgan fingerprint density at radius 1 is 1.29 bits per heavy atom. The molecule has 1 amide bonds. The number of amides is 1. The largest absolute Gasteiger partial charge is 0.396 e. The molecule has 2 aromatic rings. The van der Waals surface area contributed by atoms with Crippen LogP contribution in [-0.4, -0.2) is 32.8 Å². The molecule has 2 N–H and O–H groups in total. The van der Waals surface area contributed by atoms with Crippen LogP contribution in [0.15, 0.2) is 29.1 Å². The van der Waals surface area contributed by atoms with Crippen LogP contribution in [-0.2, 0) is 18.4 Å². The van der Waals surface area contributed by atoms with Crippen molar-refractivity contribution in [1.82, 2.24) is 14.5 Å². The normalized spacial score (nSPS) is 14.1. The maximum absolute atomic E-state index is 12.2. The first kappa shape index (κ1) is 15.3. The zero-order valence-corrected chi connectivity index (χ0v) is 12.5. The molecule has 1 heterocycles. The van der Waals surface area contributed by atoms with E-state index in [2.05, 4.69) is 5.32 Å². The predicted molar refractivity (Wildman–Crippen MR) is 81.0 cm³/mol. The summed E-state index contributed by atoms with van der Waals surface area (Å²) in [5.74, 6) is -0.264. The topological polar surface area (TPSA) is 76.3 Å². The zero-order valence-electron chi connectivity index (χ0n) is 12.5. The van der Waals surface area contributed by atoms with Crippen molar-refractivity contribution in [3.05, 3.63) is 34.7 Å². The van der Waals surface area contributed by atoms with Gasteiger partial charge in [-0.05, 0) is 25.0 Å². The number of carbonyl (C=O) groups excluding carboxylic acids is 1. The van der Waals surface area contributed by atoms with E-state index in [1.807, 2.05) is 38.1 Å². The van der Waals surface area contributed by atoms with Crippen LogP contribution < -0.4 is 11.0 Å².